The minimum Gasteiger partial charge on any atom is -0.492 e. The molecule has 1 aromatic rings. The molecule has 22 heavy (non-hydrogen) atoms. The fraction of sp³-hybridized carbons (Fsp3) is 0.529. The molecule has 5 nitrogen and oxygen atoms in total. The van der Waals surface area contributed by atoms with Gasteiger partial charge in [-0.05, 0) is 30.9 Å². The minimum atomic E-state index is -0.122. The highest BCUT2D eigenvalue weighted by atomic mass is 16.5. The maximum atomic E-state index is 12.2. The second kappa shape index (κ2) is 6.81. The van der Waals surface area contributed by atoms with E-state index < -0.39 is 0 Å². The van der Waals surface area contributed by atoms with Crippen LogP contribution < -0.4 is 10.1 Å². The Morgan fingerprint density at radius 1 is 1.36 bits per heavy atom. The van der Waals surface area contributed by atoms with Crippen molar-refractivity contribution in [2.75, 3.05) is 26.2 Å². The lowest BCUT2D eigenvalue weighted by molar-refractivity contribution is -0.127. The lowest BCUT2D eigenvalue weighted by Crippen LogP contribution is -2.38. The van der Waals surface area contributed by atoms with E-state index >= 15 is 0 Å². The number of rotatable bonds is 5. The second-order valence-corrected chi connectivity index (χ2v) is 5.95. The van der Waals surface area contributed by atoms with Crippen LogP contribution in [0.5, 0.6) is 5.75 Å². The first-order valence-corrected chi connectivity index (χ1v) is 8.00. The van der Waals surface area contributed by atoms with E-state index in [-0.39, 0.29) is 17.7 Å². The average molecular weight is 302 g/mol. The maximum absolute atomic E-state index is 12.2. The summed E-state index contributed by atoms with van der Waals surface area (Å²) in [6.07, 6.45) is 3.17. The number of carbonyl (C=O) groups is 2. The summed E-state index contributed by atoms with van der Waals surface area (Å²) in [5, 5.41) is 2.97. The van der Waals surface area contributed by atoms with Crippen molar-refractivity contribution < 1.29 is 14.3 Å². The van der Waals surface area contributed by atoms with Crippen molar-refractivity contribution in [3.8, 4) is 5.75 Å². The maximum Gasteiger partial charge on any atom is 0.226 e. The molecule has 3 rings (SSSR count). The number of ether oxygens (including phenoxy) is 1. The smallest absolute Gasteiger partial charge is 0.226 e. The van der Waals surface area contributed by atoms with Gasteiger partial charge in [0.25, 0.3) is 0 Å². The zero-order valence-electron chi connectivity index (χ0n) is 12.7. The molecule has 0 aliphatic carbocycles. The van der Waals surface area contributed by atoms with Crippen molar-refractivity contribution in [1.29, 1.82) is 0 Å². The Labute approximate surface area is 130 Å². The van der Waals surface area contributed by atoms with Gasteiger partial charge >= 0.3 is 0 Å². The van der Waals surface area contributed by atoms with Gasteiger partial charge in [-0.25, -0.2) is 0 Å². The first-order chi connectivity index (χ1) is 10.7. The van der Waals surface area contributed by atoms with E-state index in [4.69, 9.17) is 4.74 Å². The number of carbonyl (C=O) groups excluding carboxylic acids is 2. The Hall–Kier alpha value is -2.04. The molecule has 0 radical (unpaired) electrons. The Kier molecular flexibility index (Phi) is 4.61. The summed E-state index contributed by atoms with van der Waals surface area (Å²) in [6.45, 7) is 2.65. The van der Waals surface area contributed by atoms with Gasteiger partial charge in [0, 0.05) is 26.1 Å². The SMILES string of the molecule is O=C(NCCCN1CCCC1=O)C1COc2ccccc2C1. The third kappa shape index (κ3) is 3.40. The van der Waals surface area contributed by atoms with Crippen LogP contribution in [-0.4, -0.2) is 43.0 Å². The van der Waals surface area contributed by atoms with E-state index in [2.05, 4.69) is 5.32 Å². The number of nitrogens with zero attached hydrogens (tertiary/aromatic N) is 1. The predicted octanol–water partition coefficient (Wildman–Crippen LogP) is 1.37. The molecule has 0 spiro atoms. The molecule has 0 aromatic heterocycles. The Morgan fingerprint density at radius 3 is 3.05 bits per heavy atom. The van der Waals surface area contributed by atoms with Gasteiger partial charge in [-0.3, -0.25) is 9.59 Å². The number of hydrogen-bond acceptors (Lipinski definition) is 3. The average Bonchev–Trinajstić information content (AvgIpc) is 2.96. The predicted molar refractivity (Wildman–Crippen MR) is 82.6 cm³/mol. The Morgan fingerprint density at radius 2 is 2.23 bits per heavy atom. The first kappa shape index (κ1) is 14.9. The highest BCUT2D eigenvalue weighted by Gasteiger charge is 2.25. The van der Waals surface area contributed by atoms with Crippen LogP contribution >= 0.6 is 0 Å². The lowest BCUT2D eigenvalue weighted by atomic mass is 9.96. The van der Waals surface area contributed by atoms with Gasteiger partial charge in [0.2, 0.25) is 11.8 Å². The largest absolute Gasteiger partial charge is 0.492 e. The summed E-state index contributed by atoms with van der Waals surface area (Å²) in [5.74, 6) is 1.05. The van der Waals surface area contributed by atoms with Crippen molar-refractivity contribution in [3.05, 3.63) is 29.8 Å². The fourth-order valence-corrected chi connectivity index (χ4v) is 3.06. The van der Waals surface area contributed by atoms with Gasteiger partial charge in [-0.15, -0.1) is 0 Å². The van der Waals surface area contributed by atoms with E-state index in [0.717, 1.165) is 43.7 Å². The van der Waals surface area contributed by atoms with Crippen LogP contribution in [0.1, 0.15) is 24.8 Å². The minimum absolute atomic E-state index is 0.0438. The van der Waals surface area contributed by atoms with Crippen molar-refractivity contribution >= 4 is 11.8 Å². The summed E-state index contributed by atoms with van der Waals surface area (Å²) < 4.78 is 5.65. The van der Waals surface area contributed by atoms with E-state index in [9.17, 15) is 9.59 Å². The van der Waals surface area contributed by atoms with Gasteiger partial charge in [-0.2, -0.15) is 0 Å². The van der Waals surface area contributed by atoms with Crippen LogP contribution in [0.3, 0.4) is 0 Å². The lowest BCUT2D eigenvalue weighted by Gasteiger charge is -2.24. The topological polar surface area (TPSA) is 58.6 Å². The number of amides is 2. The third-order valence-electron chi connectivity index (χ3n) is 4.33. The van der Waals surface area contributed by atoms with Gasteiger partial charge in [-0.1, -0.05) is 18.2 Å². The standard InChI is InChI=1S/C17H22N2O3/c20-16-7-3-9-19(16)10-4-8-18-17(21)14-11-13-5-1-2-6-15(13)22-12-14/h1-2,5-6,14H,3-4,7-12H2,(H,18,21). The number of nitrogens with one attached hydrogen (secondary N) is 1. The molecule has 1 unspecified atom stereocenters. The van der Waals surface area contributed by atoms with E-state index in [1.165, 1.54) is 0 Å². The Bertz CT molecular complexity index is 559. The monoisotopic (exact) mass is 302 g/mol. The summed E-state index contributed by atoms with van der Waals surface area (Å²) in [5.41, 5.74) is 1.09. The molecule has 0 bridgehead atoms. The molecule has 2 aliphatic rings. The number of likely N-dealkylation sites (tertiary alicyclic amines) is 1. The molecule has 1 atom stereocenters. The van der Waals surface area contributed by atoms with Crippen molar-refractivity contribution in [2.45, 2.75) is 25.7 Å². The molecule has 2 heterocycles. The van der Waals surface area contributed by atoms with Gasteiger partial charge in [0.15, 0.2) is 0 Å². The van der Waals surface area contributed by atoms with E-state index in [1.54, 1.807) is 0 Å². The molecule has 2 amide bonds. The molecule has 5 heteroatoms. The molecule has 1 aromatic carbocycles. The number of hydrogen-bond donors (Lipinski definition) is 1. The highest BCUT2D eigenvalue weighted by Crippen LogP contribution is 2.26. The van der Waals surface area contributed by atoms with Crippen LogP contribution in [0.2, 0.25) is 0 Å². The van der Waals surface area contributed by atoms with Crippen molar-refractivity contribution in [1.82, 2.24) is 10.2 Å². The molecule has 0 saturated carbocycles. The van der Waals surface area contributed by atoms with Crippen LogP contribution in [-0.2, 0) is 16.0 Å². The van der Waals surface area contributed by atoms with Crippen LogP contribution in [0.4, 0.5) is 0 Å². The summed E-state index contributed by atoms with van der Waals surface area (Å²) >= 11 is 0. The molecule has 1 N–H and O–H groups in total. The summed E-state index contributed by atoms with van der Waals surface area (Å²) in [4.78, 5) is 25.6. The van der Waals surface area contributed by atoms with Crippen LogP contribution in [0.15, 0.2) is 24.3 Å². The second-order valence-electron chi connectivity index (χ2n) is 5.95. The van der Waals surface area contributed by atoms with E-state index in [1.807, 2.05) is 29.2 Å². The van der Waals surface area contributed by atoms with Crippen molar-refractivity contribution in [2.24, 2.45) is 5.92 Å². The Balaban J connectivity index is 1.40. The van der Waals surface area contributed by atoms with E-state index in [0.29, 0.717) is 19.6 Å². The van der Waals surface area contributed by atoms with Crippen molar-refractivity contribution in [3.63, 3.8) is 0 Å². The quantitative estimate of drug-likeness (QED) is 0.836. The normalized spacial score (nSPS) is 20.5. The van der Waals surface area contributed by atoms with Gasteiger partial charge < -0.3 is 15.0 Å². The molecule has 118 valence electrons. The van der Waals surface area contributed by atoms with Crippen LogP contribution in [0.25, 0.3) is 0 Å². The number of benzene rings is 1. The van der Waals surface area contributed by atoms with Crippen LogP contribution in [0, 0.1) is 5.92 Å². The number of fused-ring (bicyclic) bond motifs is 1. The summed E-state index contributed by atoms with van der Waals surface area (Å²) in [6, 6.07) is 7.86. The zero-order chi connectivity index (χ0) is 15.4. The highest BCUT2D eigenvalue weighted by molar-refractivity contribution is 5.79. The van der Waals surface area contributed by atoms with Gasteiger partial charge in [0.1, 0.15) is 12.4 Å². The first-order valence-electron chi connectivity index (χ1n) is 8.00. The third-order valence-corrected chi connectivity index (χ3v) is 4.33. The molecule has 1 fully saturated rings. The van der Waals surface area contributed by atoms with Gasteiger partial charge in [0.05, 0.1) is 5.92 Å². The zero-order valence-corrected chi connectivity index (χ0v) is 12.7. The fourth-order valence-electron chi connectivity index (χ4n) is 3.06. The molecular formula is C17H22N2O3. The number of para-hydroxylation sites is 1. The summed E-state index contributed by atoms with van der Waals surface area (Å²) in [7, 11) is 0. The molecule has 1 saturated heterocycles. The molecule has 2 aliphatic heterocycles. The molecular weight excluding hydrogens is 280 g/mol.